The Kier molecular flexibility index (Phi) is 8.58. The van der Waals surface area contributed by atoms with Gasteiger partial charge in [0.15, 0.2) is 5.11 Å². The second-order valence-corrected chi connectivity index (χ2v) is 9.66. The number of thiocarbonyl (C=S) groups is 1. The van der Waals surface area contributed by atoms with Crippen molar-refractivity contribution < 1.29 is 0 Å². The van der Waals surface area contributed by atoms with Crippen molar-refractivity contribution in [1.29, 1.82) is 0 Å². The predicted molar refractivity (Wildman–Crippen MR) is 144 cm³/mol. The minimum absolute atomic E-state index is 0.320. The summed E-state index contributed by atoms with van der Waals surface area (Å²) in [6, 6.07) is 5.71. The van der Waals surface area contributed by atoms with Gasteiger partial charge in [-0.25, -0.2) is 4.98 Å². The summed E-state index contributed by atoms with van der Waals surface area (Å²) in [7, 11) is 2.09. The number of rotatable bonds is 10. The number of nitrogens with two attached hydrogens (primary N) is 1. The van der Waals surface area contributed by atoms with Crippen LogP contribution in [0.4, 0.5) is 23.3 Å². The number of likely N-dealkylation sites (N-methyl/N-ethyl adjacent to an activating group) is 1. The summed E-state index contributed by atoms with van der Waals surface area (Å²) in [4.78, 5) is 22.6. The first-order valence-corrected chi connectivity index (χ1v) is 12.8. The summed E-state index contributed by atoms with van der Waals surface area (Å²) >= 11 is 11.1. The molecule has 2 aromatic rings. The molecule has 2 aliphatic heterocycles. The van der Waals surface area contributed by atoms with Gasteiger partial charge < -0.3 is 30.7 Å². The molecule has 0 aromatic carbocycles. The normalized spacial score (nSPS) is 15.9. The number of halogens is 1. The fourth-order valence-electron chi connectivity index (χ4n) is 4.33. The topological polar surface area (TPSA) is 89.7 Å². The molecule has 9 nitrogen and oxygen atoms in total. The monoisotopic (exact) mass is 503 g/mol. The lowest BCUT2D eigenvalue weighted by molar-refractivity contribution is 0.357. The van der Waals surface area contributed by atoms with Crippen LogP contribution in [0, 0.1) is 0 Å². The fourth-order valence-corrected chi connectivity index (χ4v) is 4.64. The number of nitrogens with one attached hydrogen (secondary N) is 1. The first kappa shape index (κ1) is 24.7. The van der Waals surface area contributed by atoms with Gasteiger partial charge in [-0.2, -0.15) is 9.97 Å². The van der Waals surface area contributed by atoms with Crippen LogP contribution in [0.15, 0.2) is 24.4 Å². The molecule has 0 spiro atoms. The number of pyridine rings is 1. The number of anilines is 4. The molecule has 0 radical (unpaired) electrons. The molecule has 0 atom stereocenters. The third-order valence-corrected chi connectivity index (χ3v) is 6.76. The second-order valence-electron chi connectivity index (χ2n) is 8.86. The first-order valence-electron chi connectivity index (χ1n) is 12.0. The molecule has 0 aliphatic carbocycles. The van der Waals surface area contributed by atoms with Gasteiger partial charge in [-0.15, -0.1) is 0 Å². The predicted octanol–water partition coefficient (Wildman–Crippen LogP) is 2.82. The zero-order valence-electron chi connectivity index (χ0n) is 19.8. The molecule has 4 heterocycles. The van der Waals surface area contributed by atoms with Crippen LogP contribution in [0.3, 0.4) is 0 Å². The lowest BCUT2D eigenvalue weighted by Crippen LogP contribution is -2.41. The molecule has 0 bridgehead atoms. The lowest BCUT2D eigenvalue weighted by Gasteiger charge is -2.26. The van der Waals surface area contributed by atoms with E-state index >= 15 is 0 Å². The highest BCUT2D eigenvalue weighted by Crippen LogP contribution is 2.25. The number of nitrogens with zero attached hydrogens (tertiary/aromatic N) is 7. The van der Waals surface area contributed by atoms with E-state index in [-0.39, 0.29) is 0 Å². The van der Waals surface area contributed by atoms with E-state index in [2.05, 4.69) is 38.1 Å². The molecular formula is C23H34ClN9S. The molecule has 0 saturated carbocycles. The van der Waals surface area contributed by atoms with Crippen molar-refractivity contribution >= 4 is 52.2 Å². The molecule has 4 rings (SSSR count). The largest absolute Gasteiger partial charge is 0.376 e. The van der Waals surface area contributed by atoms with E-state index in [0.29, 0.717) is 16.8 Å². The van der Waals surface area contributed by atoms with Gasteiger partial charge in [0, 0.05) is 58.4 Å². The first-order chi connectivity index (χ1) is 16.5. The minimum Gasteiger partial charge on any atom is -0.376 e. The second kappa shape index (κ2) is 11.8. The van der Waals surface area contributed by atoms with Gasteiger partial charge in [0.25, 0.3) is 0 Å². The molecule has 34 heavy (non-hydrogen) atoms. The number of hydrogen-bond acceptors (Lipinski definition) is 8. The Bertz CT molecular complexity index is 912. The van der Waals surface area contributed by atoms with Crippen molar-refractivity contribution in [2.45, 2.75) is 25.7 Å². The summed E-state index contributed by atoms with van der Waals surface area (Å²) in [5, 5.41) is 4.28. The number of hydrogen-bond donors (Lipinski definition) is 2. The third-order valence-electron chi connectivity index (χ3n) is 6.31. The van der Waals surface area contributed by atoms with Gasteiger partial charge in [-0.05, 0) is 57.1 Å². The molecule has 2 fully saturated rings. The van der Waals surface area contributed by atoms with Crippen molar-refractivity contribution in [2.24, 2.45) is 5.73 Å². The summed E-state index contributed by atoms with van der Waals surface area (Å²) in [5.74, 6) is 2.78. The van der Waals surface area contributed by atoms with Crippen LogP contribution in [0.2, 0.25) is 5.15 Å². The van der Waals surface area contributed by atoms with Crippen LogP contribution >= 0.6 is 23.8 Å². The summed E-state index contributed by atoms with van der Waals surface area (Å²) in [6.45, 7) is 7.31. The zero-order chi connectivity index (χ0) is 23.9. The van der Waals surface area contributed by atoms with Gasteiger partial charge in [0.1, 0.15) is 16.8 Å². The van der Waals surface area contributed by atoms with E-state index in [4.69, 9.17) is 39.5 Å². The molecule has 0 unspecified atom stereocenters. The Balaban J connectivity index is 1.32. The zero-order valence-corrected chi connectivity index (χ0v) is 21.4. The Morgan fingerprint density at radius 3 is 2.41 bits per heavy atom. The van der Waals surface area contributed by atoms with Crippen LogP contribution in [-0.4, -0.2) is 84.4 Å². The highest BCUT2D eigenvalue weighted by atomic mass is 35.5. The number of aromatic nitrogens is 3. The highest BCUT2D eigenvalue weighted by molar-refractivity contribution is 7.80. The Morgan fingerprint density at radius 1 is 1.06 bits per heavy atom. The Hall–Kier alpha value is -2.43. The van der Waals surface area contributed by atoms with Crippen molar-refractivity contribution in [3.8, 4) is 0 Å². The Labute approximate surface area is 212 Å². The maximum absolute atomic E-state index is 5.94. The van der Waals surface area contributed by atoms with E-state index in [1.165, 1.54) is 25.7 Å². The van der Waals surface area contributed by atoms with Crippen LogP contribution in [-0.2, 0) is 0 Å². The SMILES string of the molecule is CN(CCNc1cc(N2CCCC2)nc(N2CCCC2)n1)CCN(C(N)=S)c1ccc(Cl)nc1. The van der Waals surface area contributed by atoms with Gasteiger partial charge in [0.2, 0.25) is 5.95 Å². The molecule has 184 valence electrons. The molecule has 0 amide bonds. The summed E-state index contributed by atoms with van der Waals surface area (Å²) in [6.07, 6.45) is 6.56. The van der Waals surface area contributed by atoms with E-state index < -0.39 is 0 Å². The van der Waals surface area contributed by atoms with Gasteiger partial charge in [-0.3, -0.25) is 0 Å². The van der Waals surface area contributed by atoms with Crippen molar-refractivity contribution in [2.75, 3.05) is 79.4 Å². The van der Waals surface area contributed by atoms with Crippen LogP contribution in [0.1, 0.15) is 25.7 Å². The van der Waals surface area contributed by atoms with E-state index in [0.717, 1.165) is 69.1 Å². The maximum Gasteiger partial charge on any atom is 0.229 e. The molecule has 2 saturated heterocycles. The Morgan fingerprint density at radius 2 is 1.76 bits per heavy atom. The fraction of sp³-hybridized carbons (Fsp3) is 0.565. The van der Waals surface area contributed by atoms with Crippen LogP contribution in [0.25, 0.3) is 0 Å². The quantitative estimate of drug-likeness (QED) is 0.372. The molecular weight excluding hydrogens is 470 g/mol. The summed E-state index contributed by atoms with van der Waals surface area (Å²) in [5.41, 5.74) is 6.79. The molecule has 3 N–H and O–H groups in total. The highest BCUT2D eigenvalue weighted by Gasteiger charge is 2.20. The van der Waals surface area contributed by atoms with Gasteiger partial charge >= 0.3 is 0 Å². The van der Waals surface area contributed by atoms with Gasteiger partial charge in [-0.1, -0.05) is 11.6 Å². The molecule has 11 heteroatoms. The minimum atomic E-state index is 0.320. The summed E-state index contributed by atoms with van der Waals surface area (Å²) < 4.78 is 0. The van der Waals surface area contributed by atoms with E-state index in [9.17, 15) is 0 Å². The van der Waals surface area contributed by atoms with Crippen molar-refractivity contribution in [3.63, 3.8) is 0 Å². The third kappa shape index (κ3) is 6.58. The smallest absolute Gasteiger partial charge is 0.229 e. The standard InChI is InChI=1S/C23H34ClN9S/c1-30(14-15-33(22(25)34)18-6-7-19(24)27-17-18)13-8-26-20-16-21(31-9-2-3-10-31)29-23(28-20)32-11-4-5-12-32/h6-7,16-17H,2-5,8-15H2,1H3,(H2,25,34)(H,26,28,29). The van der Waals surface area contributed by atoms with Crippen molar-refractivity contribution in [3.05, 3.63) is 29.5 Å². The average Bonchev–Trinajstić information content (AvgIpc) is 3.55. The van der Waals surface area contributed by atoms with Crippen molar-refractivity contribution in [1.82, 2.24) is 19.9 Å². The molecule has 2 aliphatic rings. The van der Waals surface area contributed by atoms with E-state index in [1.54, 1.807) is 12.3 Å². The van der Waals surface area contributed by atoms with Crippen LogP contribution in [0.5, 0.6) is 0 Å². The van der Waals surface area contributed by atoms with Crippen LogP contribution < -0.4 is 25.8 Å². The van der Waals surface area contributed by atoms with Gasteiger partial charge in [0.05, 0.1) is 11.9 Å². The maximum atomic E-state index is 5.94. The molecule has 2 aromatic heterocycles. The average molecular weight is 504 g/mol. The van der Waals surface area contributed by atoms with E-state index in [1.807, 2.05) is 11.0 Å². The lowest BCUT2D eigenvalue weighted by atomic mass is 10.3.